The van der Waals surface area contributed by atoms with Crippen molar-refractivity contribution in [2.45, 2.75) is 19.8 Å². The Hall–Kier alpha value is -3.41. The summed E-state index contributed by atoms with van der Waals surface area (Å²) in [5.41, 5.74) is 3.53. The van der Waals surface area contributed by atoms with E-state index in [0.717, 1.165) is 11.4 Å². The molecule has 0 atom stereocenters. The summed E-state index contributed by atoms with van der Waals surface area (Å²) in [7, 11) is 1.36. The Kier molecular flexibility index (Phi) is 5.66. The highest BCUT2D eigenvalue weighted by molar-refractivity contribution is 5.89. The van der Waals surface area contributed by atoms with E-state index in [1.165, 1.54) is 12.7 Å². The van der Waals surface area contributed by atoms with E-state index in [0.29, 0.717) is 23.2 Å². The number of esters is 1. The second-order valence-corrected chi connectivity index (χ2v) is 6.36. The van der Waals surface area contributed by atoms with E-state index in [-0.39, 0.29) is 5.97 Å². The largest absolute Gasteiger partial charge is 0.465 e. The third kappa shape index (κ3) is 4.82. The quantitative estimate of drug-likeness (QED) is 0.609. The summed E-state index contributed by atoms with van der Waals surface area (Å²) in [5.74, 6) is 1.28. The molecule has 6 heteroatoms. The molecule has 1 heterocycles. The minimum atomic E-state index is -0.362. The van der Waals surface area contributed by atoms with Crippen LogP contribution in [-0.2, 0) is 4.74 Å². The van der Waals surface area contributed by atoms with Gasteiger partial charge >= 0.3 is 5.97 Å². The molecule has 3 aromatic rings. The standard InChI is InChI=1S/C21H22N4O2/c1-14(2)15-4-8-18(9-5-15)24-21-22-13-12-19(25-21)23-17-10-6-16(7-11-17)20(26)27-3/h4-14H,1-3H3,(H2,22,23,24,25). The number of carbonyl (C=O) groups is 1. The highest BCUT2D eigenvalue weighted by atomic mass is 16.5. The predicted molar refractivity (Wildman–Crippen MR) is 107 cm³/mol. The van der Waals surface area contributed by atoms with Crippen molar-refractivity contribution in [3.63, 3.8) is 0 Å². The van der Waals surface area contributed by atoms with Gasteiger partial charge in [-0.05, 0) is 53.9 Å². The molecule has 2 aromatic carbocycles. The lowest BCUT2D eigenvalue weighted by molar-refractivity contribution is 0.0601. The molecule has 0 unspecified atom stereocenters. The maximum Gasteiger partial charge on any atom is 0.337 e. The van der Waals surface area contributed by atoms with Gasteiger partial charge in [0, 0.05) is 17.6 Å². The Balaban J connectivity index is 1.69. The van der Waals surface area contributed by atoms with Crippen LogP contribution in [0, 0.1) is 0 Å². The van der Waals surface area contributed by atoms with Crippen molar-refractivity contribution < 1.29 is 9.53 Å². The third-order valence-electron chi connectivity index (χ3n) is 4.07. The van der Waals surface area contributed by atoms with Crippen molar-refractivity contribution >= 4 is 29.1 Å². The van der Waals surface area contributed by atoms with E-state index in [2.05, 4.69) is 46.6 Å². The van der Waals surface area contributed by atoms with Gasteiger partial charge in [0.1, 0.15) is 5.82 Å². The number of hydrogen-bond acceptors (Lipinski definition) is 6. The molecule has 0 bridgehead atoms. The number of methoxy groups -OCH3 is 1. The van der Waals surface area contributed by atoms with Gasteiger partial charge in [0.2, 0.25) is 5.95 Å². The molecule has 0 saturated heterocycles. The van der Waals surface area contributed by atoms with Crippen LogP contribution >= 0.6 is 0 Å². The Labute approximate surface area is 158 Å². The second-order valence-electron chi connectivity index (χ2n) is 6.36. The topological polar surface area (TPSA) is 76.1 Å². The first-order chi connectivity index (χ1) is 13.0. The fraction of sp³-hybridized carbons (Fsp3) is 0.190. The molecule has 2 N–H and O–H groups in total. The molecule has 0 aliphatic heterocycles. The van der Waals surface area contributed by atoms with Crippen molar-refractivity contribution in [2.75, 3.05) is 17.7 Å². The lowest BCUT2D eigenvalue weighted by atomic mass is 10.0. The fourth-order valence-corrected chi connectivity index (χ4v) is 2.52. The SMILES string of the molecule is COC(=O)c1ccc(Nc2ccnc(Nc3ccc(C(C)C)cc3)n2)cc1. The van der Waals surface area contributed by atoms with Gasteiger partial charge in [-0.2, -0.15) is 4.98 Å². The number of hydrogen-bond donors (Lipinski definition) is 2. The molecule has 0 aliphatic rings. The van der Waals surface area contributed by atoms with Gasteiger partial charge in [-0.15, -0.1) is 0 Å². The zero-order chi connectivity index (χ0) is 19.2. The van der Waals surface area contributed by atoms with Gasteiger partial charge in [0.15, 0.2) is 0 Å². The van der Waals surface area contributed by atoms with Crippen LogP contribution in [0.4, 0.5) is 23.1 Å². The zero-order valence-electron chi connectivity index (χ0n) is 15.6. The second kappa shape index (κ2) is 8.31. The van der Waals surface area contributed by atoms with Gasteiger partial charge in [-0.3, -0.25) is 0 Å². The number of anilines is 4. The summed E-state index contributed by atoms with van der Waals surface area (Å²) in [6, 6.07) is 17.0. The number of benzene rings is 2. The average molecular weight is 362 g/mol. The zero-order valence-corrected chi connectivity index (χ0v) is 15.6. The van der Waals surface area contributed by atoms with E-state index in [1.807, 2.05) is 12.1 Å². The fourth-order valence-electron chi connectivity index (χ4n) is 2.52. The van der Waals surface area contributed by atoms with Crippen molar-refractivity contribution in [1.82, 2.24) is 9.97 Å². The first-order valence-corrected chi connectivity index (χ1v) is 8.70. The van der Waals surface area contributed by atoms with E-state index in [4.69, 9.17) is 4.74 Å². The van der Waals surface area contributed by atoms with Crippen molar-refractivity contribution in [1.29, 1.82) is 0 Å². The number of nitrogens with zero attached hydrogens (tertiary/aromatic N) is 2. The third-order valence-corrected chi connectivity index (χ3v) is 4.07. The first kappa shape index (κ1) is 18.4. The Bertz CT molecular complexity index is 906. The summed E-state index contributed by atoms with van der Waals surface area (Å²) >= 11 is 0. The molecule has 0 radical (unpaired) electrons. The molecule has 0 amide bonds. The summed E-state index contributed by atoms with van der Waals surface area (Å²) in [6.45, 7) is 4.33. The highest BCUT2D eigenvalue weighted by Gasteiger charge is 2.06. The molecular formula is C21H22N4O2. The van der Waals surface area contributed by atoms with Gasteiger partial charge in [-0.25, -0.2) is 9.78 Å². The molecule has 0 fully saturated rings. The van der Waals surface area contributed by atoms with Gasteiger partial charge in [0.05, 0.1) is 12.7 Å². The Morgan fingerprint density at radius 1 is 0.926 bits per heavy atom. The van der Waals surface area contributed by atoms with Gasteiger partial charge in [0.25, 0.3) is 0 Å². The molecule has 0 aliphatic carbocycles. The molecule has 1 aromatic heterocycles. The summed E-state index contributed by atoms with van der Waals surface area (Å²) in [6.07, 6.45) is 1.68. The van der Waals surface area contributed by atoms with E-state index >= 15 is 0 Å². The lowest BCUT2D eigenvalue weighted by Gasteiger charge is -2.10. The first-order valence-electron chi connectivity index (χ1n) is 8.70. The van der Waals surface area contributed by atoms with Crippen LogP contribution in [0.2, 0.25) is 0 Å². The van der Waals surface area contributed by atoms with Crippen LogP contribution in [0.3, 0.4) is 0 Å². The van der Waals surface area contributed by atoms with Gasteiger partial charge in [-0.1, -0.05) is 26.0 Å². The summed E-state index contributed by atoms with van der Waals surface area (Å²) < 4.78 is 4.70. The molecule has 3 rings (SSSR count). The Morgan fingerprint density at radius 2 is 1.56 bits per heavy atom. The summed E-state index contributed by atoms with van der Waals surface area (Å²) in [4.78, 5) is 20.2. The van der Waals surface area contributed by atoms with E-state index < -0.39 is 0 Å². The number of nitrogens with one attached hydrogen (secondary N) is 2. The predicted octanol–water partition coefficient (Wildman–Crippen LogP) is 4.87. The molecule has 0 spiro atoms. The molecule has 6 nitrogen and oxygen atoms in total. The maximum atomic E-state index is 11.5. The molecule has 0 saturated carbocycles. The minimum Gasteiger partial charge on any atom is -0.465 e. The highest BCUT2D eigenvalue weighted by Crippen LogP contribution is 2.20. The van der Waals surface area contributed by atoms with Crippen LogP contribution in [0.15, 0.2) is 60.8 Å². The number of carbonyl (C=O) groups excluding carboxylic acids is 1. The van der Waals surface area contributed by atoms with Crippen LogP contribution in [0.1, 0.15) is 35.7 Å². The van der Waals surface area contributed by atoms with E-state index in [1.54, 1.807) is 36.5 Å². The Morgan fingerprint density at radius 3 is 2.19 bits per heavy atom. The van der Waals surface area contributed by atoms with Crippen molar-refractivity contribution in [2.24, 2.45) is 0 Å². The van der Waals surface area contributed by atoms with E-state index in [9.17, 15) is 4.79 Å². The molecular weight excluding hydrogens is 340 g/mol. The smallest absolute Gasteiger partial charge is 0.337 e. The lowest BCUT2D eigenvalue weighted by Crippen LogP contribution is -2.02. The number of ether oxygens (including phenoxy) is 1. The monoisotopic (exact) mass is 362 g/mol. The number of aromatic nitrogens is 2. The van der Waals surface area contributed by atoms with Crippen molar-refractivity contribution in [3.8, 4) is 0 Å². The van der Waals surface area contributed by atoms with Crippen LogP contribution < -0.4 is 10.6 Å². The average Bonchev–Trinajstić information content (AvgIpc) is 2.68. The van der Waals surface area contributed by atoms with Crippen LogP contribution in [-0.4, -0.2) is 23.0 Å². The molecule has 138 valence electrons. The number of rotatable bonds is 6. The minimum absolute atomic E-state index is 0.362. The molecule has 27 heavy (non-hydrogen) atoms. The van der Waals surface area contributed by atoms with Crippen LogP contribution in [0.5, 0.6) is 0 Å². The normalized spacial score (nSPS) is 10.5. The summed E-state index contributed by atoms with van der Waals surface area (Å²) in [5, 5.41) is 6.40. The van der Waals surface area contributed by atoms with Gasteiger partial charge < -0.3 is 15.4 Å². The maximum absolute atomic E-state index is 11.5. The van der Waals surface area contributed by atoms with Crippen LogP contribution in [0.25, 0.3) is 0 Å². The van der Waals surface area contributed by atoms with Crippen molar-refractivity contribution in [3.05, 3.63) is 71.9 Å².